The number of carbonyl (C=O) groups excluding carboxylic acids is 2. The highest BCUT2D eigenvalue weighted by molar-refractivity contribution is 5.97. The number of methoxy groups -OCH3 is 1. The fraction of sp³-hybridized carbons (Fsp3) is 0.467. The van der Waals surface area contributed by atoms with E-state index in [1.54, 1.807) is 25.9 Å². The molecule has 1 fully saturated rings. The lowest BCUT2D eigenvalue weighted by Gasteiger charge is -2.41. The van der Waals surface area contributed by atoms with Crippen LogP contribution in [0.4, 0.5) is 0 Å². The summed E-state index contributed by atoms with van der Waals surface area (Å²) in [6.45, 7) is 5.91. The molecule has 108 valence electrons. The zero-order valence-corrected chi connectivity index (χ0v) is 12.3. The number of carbonyl (C=O) groups is 2. The second-order valence-electron chi connectivity index (χ2n) is 5.54. The number of hydrogen-bond acceptors (Lipinski definition) is 3. The second kappa shape index (κ2) is 5.15. The van der Waals surface area contributed by atoms with Gasteiger partial charge in [-0.05, 0) is 26.8 Å². The average Bonchev–Trinajstić information content (AvgIpc) is 2.40. The molecule has 0 aromatic heterocycles. The van der Waals surface area contributed by atoms with Crippen molar-refractivity contribution >= 4 is 11.8 Å². The molecule has 1 N–H and O–H groups in total. The van der Waals surface area contributed by atoms with Crippen molar-refractivity contribution in [3.8, 4) is 5.75 Å². The Balaban J connectivity index is 2.34. The third-order valence-corrected chi connectivity index (χ3v) is 3.70. The van der Waals surface area contributed by atoms with Gasteiger partial charge < -0.3 is 15.0 Å². The molecule has 1 aliphatic rings. The number of aryl methyl sites for hydroxylation is 1. The van der Waals surface area contributed by atoms with E-state index in [0.717, 1.165) is 16.9 Å². The molecule has 5 heteroatoms. The monoisotopic (exact) mass is 276 g/mol. The van der Waals surface area contributed by atoms with Gasteiger partial charge >= 0.3 is 0 Å². The summed E-state index contributed by atoms with van der Waals surface area (Å²) < 4.78 is 5.33. The largest absolute Gasteiger partial charge is 0.496 e. The van der Waals surface area contributed by atoms with E-state index in [2.05, 4.69) is 5.32 Å². The Hall–Kier alpha value is -2.04. The zero-order valence-electron chi connectivity index (χ0n) is 12.3. The number of hydrogen-bond donors (Lipinski definition) is 1. The minimum absolute atomic E-state index is 0.0520. The van der Waals surface area contributed by atoms with E-state index in [9.17, 15) is 9.59 Å². The molecule has 20 heavy (non-hydrogen) atoms. The van der Waals surface area contributed by atoms with Gasteiger partial charge in [-0.25, -0.2) is 0 Å². The Labute approximate surface area is 118 Å². The van der Waals surface area contributed by atoms with Gasteiger partial charge in [0, 0.05) is 5.56 Å². The number of nitrogens with zero attached hydrogens (tertiary/aromatic N) is 1. The van der Waals surface area contributed by atoms with Crippen molar-refractivity contribution in [3.63, 3.8) is 0 Å². The summed E-state index contributed by atoms with van der Waals surface area (Å²) in [4.78, 5) is 25.7. The SMILES string of the molecule is COc1ccc(C)cc1CN1C(=O)CNC(=O)C1(C)C. The van der Waals surface area contributed by atoms with Crippen LogP contribution in [-0.4, -0.2) is 35.9 Å². The molecule has 0 radical (unpaired) electrons. The third kappa shape index (κ3) is 2.48. The summed E-state index contributed by atoms with van der Waals surface area (Å²) >= 11 is 0. The minimum atomic E-state index is -0.857. The number of nitrogens with one attached hydrogen (secondary N) is 1. The first kappa shape index (κ1) is 14.4. The van der Waals surface area contributed by atoms with Gasteiger partial charge in [0.05, 0.1) is 20.2 Å². The van der Waals surface area contributed by atoms with Gasteiger partial charge in [0.1, 0.15) is 11.3 Å². The summed E-state index contributed by atoms with van der Waals surface area (Å²) in [6.07, 6.45) is 0. The predicted octanol–water partition coefficient (Wildman–Crippen LogP) is 1.24. The summed E-state index contributed by atoms with van der Waals surface area (Å²) in [6, 6.07) is 5.82. The quantitative estimate of drug-likeness (QED) is 0.903. The van der Waals surface area contributed by atoms with Gasteiger partial charge in [0.2, 0.25) is 11.8 Å². The average molecular weight is 276 g/mol. The maximum atomic E-state index is 12.1. The van der Waals surface area contributed by atoms with E-state index in [0.29, 0.717) is 6.54 Å². The minimum Gasteiger partial charge on any atom is -0.496 e. The summed E-state index contributed by atoms with van der Waals surface area (Å²) in [7, 11) is 1.60. The first-order chi connectivity index (χ1) is 9.36. The number of benzene rings is 1. The van der Waals surface area contributed by atoms with Crippen molar-refractivity contribution in [2.45, 2.75) is 32.9 Å². The van der Waals surface area contributed by atoms with E-state index in [1.807, 2.05) is 25.1 Å². The lowest BCUT2D eigenvalue weighted by atomic mass is 9.97. The van der Waals surface area contributed by atoms with Crippen LogP contribution in [0, 0.1) is 6.92 Å². The van der Waals surface area contributed by atoms with Crippen LogP contribution in [0.2, 0.25) is 0 Å². The lowest BCUT2D eigenvalue weighted by Crippen LogP contribution is -2.63. The fourth-order valence-electron chi connectivity index (χ4n) is 2.39. The molecule has 1 heterocycles. The summed E-state index contributed by atoms with van der Waals surface area (Å²) in [5, 5.41) is 2.62. The van der Waals surface area contributed by atoms with E-state index in [-0.39, 0.29) is 18.4 Å². The van der Waals surface area contributed by atoms with E-state index < -0.39 is 5.54 Å². The summed E-state index contributed by atoms with van der Waals surface area (Å²) in [5.41, 5.74) is 1.14. The van der Waals surface area contributed by atoms with Crippen molar-refractivity contribution in [3.05, 3.63) is 29.3 Å². The Bertz CT molecular complexity index is 552. The van der Waals surface area contributed by atoms with Crippen molar-refractivity contribution in [1.29, 1.82) is 0 Å². The van der Waals surface area contributed by atoms with Crippen LogP contribution in [0.1, 0.15) is 25.0 Å². The molecule has 0 bridgehead atoms. The Morgan fingerprint density at radius 1 is 1.35 bits per heavy atom. The predicted molar refractivity (Wildman–Crippen MR) is 75.4 cm³/mol. The van der Waals surface area contributed by atoms with Crippen LogP contribution in [-0.2, 0) is 16.1 Å². The van der Waals surface area contributed by atoms with Gasteiger partial charge in [-0.3, -0.25) is 9.59 Å². The molecular formula is C15H20N2O3. The van der Waals surface area contributed by atoms with Crippen molar-refractivity contribution < 1.29 is 14.3 Å². The third-order valence-electron chi connectivity index (χ3n) is 3.70. The topological polar surface area (TPSA) is 58.6 Å². The molecule has 0 saturated carbocycles. The molecule has 0 unspecified atom stereocenters. The van der Waals surface area contributed by atoms with E-state index in [1.165, 1.54) is 0 Å². The zero-order chi connectivity index (χ0) is 14.9. The van der Waals surface area contributed by atoms with Gasteiger partial charge in [0.25, 0.3) is 0 Å². The Kier molecular flexibility index (Phi) is 3.70. The molecule has 0 spiro atoms. The Morgan fingerprint density at radius 2 is 2.05 bits per heavy atom. The first-order valence-electron chi connectivity index (χ1n) is 6.58. The van der Waals surface area contributed by atoms with Gasteiger partial charge in [-0.1, -0.05) is 17.7 Å². The van der Waals surface area contributed by atoms with Gasteiger partial charge in [-0.15, -0.1) is 0 Å². The van der Waals surface area contributed by atoms with Gasteiger partial charge in [0.15, 0.2) is 0 Å². The maximum Gasteiger partial charge on any atom is 0.245 e. The van der Waals surface area contributed by atoms with Crippen molar-refractivity contribution in [2.24, 2.45) is 0 Å². The molecule has 1 saturated heterocycles. The van der Waals surface area contributed by atoms with E-state index >= 15 is 0 Å². The van der Waals surface area contributed by atoms with Crippen LogP contribution >= 0.6 is 0 Å². The fourth-order valence-corrected chi connectivity index (χ4v) is 2.39. The highest BCUT2D eigenvalue weighted by Gasteiger charge is 2.41. The summed E-state index contributed by atoms with van der Waals surface area (Å²) in [5.74, 6) is 0.507. The van der Waals surface area contributed by atoms with Crippen LogP contribution in [0.15, 0.2) is 18.2 Å². The van der Waals surface area contributed by atoms with Crippen molar-refractivity contribution in [2.75, 3.05) is 13.7 Å². The number of ether oxygens (including phenoxy) is 1. The van der Waals surface area contributed by atoms with E-state index in [4.69, 9.17) is 4.74 Å². The second-order valence-corrected chi connectivity index (χ2v) is 5.54. The lowest BCUT2D eigenvalue weighted by molar-refractivity contribution is -0.152. The molecule has 2 amide bonds. The Morgan fingerprint density at radius 3 is 2.70 bits per heavy atom. The smallest absolute Gasteiger partial charge is 0.245 e. The highest BCUT2D eigenvalue weighted by Crippen LogP contribution is 2.26. The molecule has 5 nitrogen and oxygen atoms in total. The number of rotatable bonds is 3. The molecule has 0 atom stereocenters. The molecular weight excluding hydrogens is 256 g/mol. The molecule has 0 aliphatic carbocycles. The standard InChI is InChI=1S/C15H20N2O3/c1-10-5-6-12(20-4)11(7-10)9-17-13(18)8-16-14(19)15(17,2)3/h5-7H,8-9H2,1-4H3,(H,16,19). The number of piperazine rings is 1. The highest BCUT2D eigenvalue weighted by atomic mass is 16.5. The van der Waals surface area contributed by atoms with Crippen LogP contribution in [0.3, 0.4) is 0 Å². The maximum absolute atomic E-state index is 12.1. The normalized spacial score (nSPS) is 17.9. The van der Waals surface area contributed by atoms with Crippen LogP contribution in [0.25, 0.3) is 0 Å². The molecule has 1 aromatic carbocycles. The first-order valence-corrected chi connectivity index (χ1v) is 6.58. The van der Waals surface area contributed by atoms with Gasteiger partial charge in [-0.2, -0.15) is 0 Å². The number of amides is 2. The van der Waals surface area contributed by atoms with Crippen LogP contribution < -0.4 is 10.1 Å². The molecule has 1 aliphatic heterocycles. The van der Waals surface area contributed by atoms with Crippen LogP contribution in [0.5, 0.6) is 5.75 Å². The molecule has 1 aromatic rings. The van der Waals surface area contributed by atoms with Crippen molar-refractivity contribution in [1.82, 2.24) is 10.2 Å². The molecule has 2 rings (SSSR count).